The van der Waals surface area contributed by atoms with E-state index >= 15 is 0 Å². The van der Waals surface area contributed by atoms with E-state index in [2.05, 4.69) is 23.1 Å². The van der Waals surface area contributed by atoms with Crippen molar-refractivity contribution < 1.29 is 4.79 Å². The predicted octanol–water partition coefficient (Wildman–Crippen LogP) is 3.74. The Balaban J connectivity index is 1.80. The van der Waals surface area contributed by atoms with Crippen LogP contribution in [0.1, 0.15) is 35.8 Å². The van der Waals surface area contributed by atoms with Crippen LogP contribution in [0.15, 0.2) is 60.7 Å². The molecule has 0 saturated carbocycles. The van der Waals surface area contributed by atoms with Gasteiger partial charge in [-0.25, -0.2) is 0 Å². The van der Waals surface area contributed by atoms with Gasteiger partial charge in [0.25, 0.3) is 0 Å². The highest BCUT2D eigenvalue weighted by Gasteiger charge is 2.47. The molecule has 3 atom stereocenters. The van der Waals surface area contributed by atoms with Gasteiger partial charge in [0.2, 0.25) is 0 Å². The molecule has 0 radical (unpaired) electrons. The predicted molar refractivity (Wildman–Crippen MR) is 97.1 cm³/mol. The van der Waals surface area contributed by atoms with E-state index in [9.17, 15) is 10.1 Å². The SMILES string of the molecule is N#CC(c1ccccc1)C(c1ccccc1)C1C(=O)C2CCN1CC2. The fraction of sp³-hybridized carbons (Fsp3) is 0.364. The van der Waals surface area contributed by atoms with Gasteiger partial charge in [0.05, 0.1) is 18.0 Å². The van der Waals surface area contributed by atoms with Crippen molar-refractivity contribution in [1.82, 2.24) is 4.90 Å². The Hall–Kier alpha value is -2.44. The van der Waals surface area contributed by atoms with Gasteiger partial charge in [-0.05, 0) is 37.1 Å². The van der Waals surface area contributed by atoms with Gasteiger partial charge in [-0.2, -0.15) is 5.26 Å². The van der Waals surface area contributed by atoms with E-state index < -0.39 is 0 Å². The monoisotopic (exact) mass is 330 g/mol. The molecule has 2 aromatic carbocycles. The maximum Gasteiger partial charge on any atom is 0.153 e. The van der Waals surface area contributed by atoms with Crippen LogP contribution in [0.5, 0.6) is 0 Å². The molecule has 0 amide bonds. The first kappa shape index (κ1) is 16.1. The second-order valence-electron chi connectivity index (χ2n) is 7.11. The molecule has 3 aliphatic rings. The second kappa shape index (κ2) is 6.82. The average Bonchev–Trinajstić information content (AvgIpc) is 2.69. The van der Waals surface area contributed by atoms with E-state index in [4.69, 9.17) is 0 Å². The topological polar surface area (TPSA) is 44.1 Å². The van der Waals surface area contributed by atoms with E-state index in [0.717, 1.165) is 37.1 Å². The third-order valence-corrected chi connectivity index (χ3v) is 5.80. The fourth-order valence-electron chi connectivity index (χ4n) is 4.54. The molecular weight excluding hydrogens is 308 g/mol. The molecule has 3 heterocycles. The average molecular weight is 330 g/mol. The summed E-state index contributed by atoms with van der Waals surface area (Å²) in [6.07, 6.45) is 1.94. The zero-order chi connectivity index (χ0) is 17.2. The standard InChI is InChI=1S/C22H22N2O/c23-15-19(16-7-3-1-4-8-16)20(17-9-5-2-6-10-17)21-22(25)18-11-13-24(21)14-12-18/h1-10,18-21H,11-14H2. The first-order valence-corrected chi connectivity index (χ1v) is 9.07. The number of hydrogen-bond acceptors (Lipinski definition) is 3. The molecule has 126 valence electrons. The number of carbonyl (C=O) groups excluding carboxylic acids is 1. The summed E-state index contributed by atoms with van der Waals surface area (Å²) in [5.41, 5.74) is 2.08. The number of fused-ring (bicyclic) bond motifs is 3. The number of rotatable bonds is 4. The van der Waals surface area contributed by atoms with Crippen LogP contribution in [0.2, 0.25) is 0 Å². The number of hydrogen-bond donors (Lipinski definition) is 0. The molecule has 3 unspecified atom stereocenters. The summed E-state index contributed by atoms with van der Waals surface area (Å²) in [5, 5.41) is 10.0. The van der Waals surface area contributed by atoms with Crippen molar-refractivity contribution in [2.24, 2.45) is 5.92 Å². The Morgan fingerprint density at radius 2 is 1.48 bits per heavy atom. The van der Waals surface area contributed by atoms with Crippen LogP contribution in [0.4, 0.5) is 0 Å². The van der Waals surface area contributed by atoms with Gasteiger partial charge < -0.3 is 0 Å². The van der Waals surface area contributed by atoms with Crippen molar-refractivity contribution in [2.45, 2.75) is 30.7 Å². The summed E-state index contributed by atoms with van der Waals surface area (Å²) in [6, 6.07) is 22.4. The van der Waals surface area contributed by atoms with Gasteiger partial charge in [0.15, 0.2) is 5.78 Å². The molecule has 3 saturated heterocycles. The van der Waals surface area contributed by atoms with Crippen LogP contribution in [0.3, 0.4) is 0 Å². The second-order valence-corrected chi connectivity index (χ2v) is 7.11. The summed E-state index contributed by atoms with van der Waals surface area (Å²) in [4.78, 5) is 15.4. The van der Waals surface area contributed by atoms with Crippen molar-refractivity contribution in [2.75, 3.05) is 13.1 Å². The molecule has 5 rings (SSSR count). The number of benzene rings is 2. The fourth-order valence-corrected chi connectivity index (χ4v) is 4.54. The summed E-state index contributed by atoms with van der Waals surface area (Å²) in [7, 11) is 0. The number of piperidine rings is 3. The minimum Gasteiger partial charge on any atom is -0.298 e. The number of nitriles is 1. The van der Waals surface area contributed by atoms with E-state index in [1.165, 1.54) is 0 Å². The molecular formula is C22H22N2O. The van der Waals surface area contributed by atoms with Gasteiger partial charge in [0, 0.05) is 11.8 Å². The van der Waals surface area contributed by atoms with Crippen LogP contribution in [-0.2, 0) is 4.79 Å². The van der Waals surface area contributed by atoms with Crippen molar-refractivity contribution in [3.05, 3.63) is 71.8 Å². The van der Waals surface area contributed by atoms with E-state index in [1.807, 2.05) is 48.5 Å². The molecule has 0 spiro atoms. The minimum atomic E-state index is -0.322. The van der Waals surface area contributed by atoms with Crippen molar-refractivity contribution >= 4 is 5.78 Å². The van der Waals surface area contributed by atoms with Gasteiger partial charge in [-0.15, -0.1) is 0 Å². The Morgan fingerprint density at radius 3 is 2.00 bits per heavy atom. The highest BCUT2D eigenvalue weighted by molar-refractivity contribution is 5.89. The van der Waals surface area contributed by atoms with E-state index in [-0.39, 0.29) is 23.8 Å². The summed E-state index contributed by atoms with van der Waals surface area (Å²) < 4.78 is 0. The van der Waals surface area contributed by atoms with Crippen molar-refractivity contribution in [3.8, 4) is 6.07 Å². The first-order chi connectivity index (χ1) is 12.3. The van der Waals surface area contributed by atoms with Gasteiger partial charge >= 0.3 is 0 Å². The largest absolute Gasteiger partial charge is 0.298 e. The third-order valence-electron chi connectivity index (χ3n) is 5.80. The Morgan fingerprint density at radius 1 is 0.920 bits per heavy atom. The van der Waals surface area contributed by atoms with Crippen LogP contribution >= 0.6 is 0 Å². The smallest absolute Gasteiger partial charge is 0.153 e. The van der Waals surface area contributed by atoms with Gasteiger partial charge in [-0.1, -0.05) is 60.7 Å². The van der Waals surface area contributed by atoms with Crippen LogP contribution in [-0.4, -0.2) is 29.8 Å². The molecule has 3 heteroatoms. The highest BCUT2D eigenvalue weighted by Crippen LogP contribution is 2.43. The van der Waals surface area contributed by atoms with Crippen molar-refractivity contribution in [1.29, 1.82) is 5.26 Å². The molecule has 3 nitrogen and oxygen atoms in total. The number of Topliss-reactive ketones (excluding diaryl/α,β-unsaturated/α-hetero) is 1. The number of ketones is 1. The zero-order valence-electron chi connectivity index (χ0n) is 14.2. The molecule has 2 aromatic rings. The maximum absolute atomic E-state index is 13.1. The minimum absolute atomic E-state index is 0.121. The van der Waals surface area contributed by atoms with Gasteiger partial charge in [0.1, 0.15) is 0 Å². The van der Waals surface area contributed by atoms with Gasteiger partial charge in [-0.3, -0.25) is 9.69 Å². The van der Waals surface area contributed by atoms with E-state index in [0.29, 0.717) is 5.78 Å². The molecule has 3 fully saturated rings. The van der Waals surface area contributed by atoms with Crippen LogP contribution in [0, 0.1) is 17.2 Å². The molecule has 0 aromatic heterocycles. The molecule has 0 aliphatic carbocycles. The number of carbonyl (C=O) groups is 1. The summed E-state index contributed by atoms with van der Waals surface area (Å²) >= 11 is 0. The molecule has 3 aliphatic heterocycles. The van der Waals surface area contributed by atoms with Crippen LogP contribution < -0.4 is 0 Å². The van der Waals surface area contributed by atoms with Crippen LogP contribution in [0.25, 0.3) is 0 Å². The van der Waals surface area contributed by atoms with Crippen molar-refractivity contribution in [3.63, 3.8) is 0 Å². The maximum atomic E-state index is 13.1. The lowest BCUT2D eigenvalue weighted by molar-refractivity contribution is -0.138. The number of nitrogens with zero attached hydrogens (tertiary/aromatic N) is 2. The quantitative estimate of drug-likeness (QED) is 0.858. The molecule has 25 heavy (non-hydrogen) atoms. The lowest BCUT2D eigenvalue weighted by Gasteiger charge is -2.48. The Bertz CT molecular complexity index is 773. The normalized spacial score (nSPS) is 27.5. The lowest BCUT2D eigenvalue weighted by Crippen LogP contribution is -2.58. The summed E-state index contributed by atoms with van der Waals surface area (Å²) in [6.45, 7) is 1.94. The third kappa shape index (κ3) is 2.88. The first-order valence-electron chi connectivity index (χ1n) is 9.07. The molecule has 0 N–H and O–H groups in total. The molecule has 2 bridgehead atoms. The Kier molecular flexibility index (Phi) is 4.38. The zero-order valence-corrected chi connectivity index (χ0v) is 14.2. The highest BCUT2D eigenvalue weighted by atomic mass is 16.1. The van der Waals surface area contributed by atoms with E-state index in [1.54, 1.807) is 0 Å². The Labute approximate surface area is 148 Å². The lowest BCUT2D eigenvalue weighted by atomic mass is 9.69. The summed E-state index contributed by atoms with van der Waals surface area (Å²) in [5.74, 6) is 0.0694.